The van der Waals surface area contributed by atoms with Crippen LogP contribution in [-0.4, -0.2) is 4.98 Å². The number of aromatic amines is 1. The second kappa shape index (κ2) is 19.3. The number of aryl methyl sites for hydroxylation is 4. The van der Waals surface area contributed by atoms with Gasteiger partial charge in [-0.1, -0.05) is 152 Å². The molecule has 0 aliphatic rings. The number of pyridine rings is 2. The second-order valence-electron chi connectivity index (χ2n) is 15.8. The van der Waals surface area contributed by atoms with Crippen molar-refractivity contribution < 1.29 is 23.8 Å². The maximum atomic E-state index is 5.02. The molecular formula is C50H60LiN4+. The summed E-state index contributed by atoms with van der Waals surface area (Å²) in [6.07, 6.45) is 0. The van der Waals surface area contributed by atoms with Crippen molar-refractivity contribution in [1.29, 1.82) is 0 Å². The third kappa shape index (κ3) is 10.4. The van der Waals surface area contributed by atoms with E-state index in [0.717, 1.165) is 28.7 Å². The summed E-state index contributed by atoms with van der Waals surface area (Å²) >= 11 is 0. The first-order chi connectivity index (χ1) is 25.8. The molecule has 2 aromatic heterocycles. The van der Waals surface area contributed by atoms with Gasteiger partial charge in [0.2, 0.25) is 0 Å². The summed E-state index contributed by atoms with van der Waals surface area (Å²) in [7, 11) is 0. The van der Waals surface area contributed by atoms with E-state index < -0.39 is 0 Å². The summed E-state index contributed by atoms with van der Waals surface area (Å²) in [5.41, 5.74) is 17.2. The van der Waals surface area contributed by atoms with Crippen molar-refractivity contribution >= 4 is 23.0 Å². The Hall–Kier alpha value is -4.62. The zero-order valence-electron chi connectivity index (χ0n) is 35.6. The van der Waals surface area contributed by atoms with E-state index in [-0.39, 0.29) is 18.9 Å². The summed E-state index contributed by atoms with van der Waals surface area (Å²) in [5, 5.41) is 8.72. The number of benzene rings is 4. The largest absolute Gasteiger partial charge is 1.00 e. The summed E-state index contributed by atoms with van der Waals surface area (Å²) in [5.74, 6) is 3.56. The average molecular weight is 724 g/mol. The first kappa shape index (κ1) is 43.1. The minimum Gasteiger partial charge on any atom is -0.436 e. The molecule has 0 radical (unpaired) electrons. The number of H-pyrrole nitrogens is 1. The van der Waals surface area contributed by atoms with Crippen molar-refractivity contribution in [2.75, 3.05) is 5.32 Å². The maximum absolute atomic E-state index is 5.02. The van der Waals surface area contributed by atoms with Gasteiger partial charge >= 0.3 is 18.9 Å². The molecule has 0 bridgehead atoms. The van der Waals surface area contributed by atoms with Crippen molar-refractivity contribution in [3.05, 3.63) is 159 Å². The van der Waals surface area contributed by atoms with Gasteiger partial charge in [-0.2, -0.15) is 0 Å². The maximum Gasteiger partial charge on any atom is 1.00 e. The van der Waals surface area contributed by atoms with Crippen LogP contribution < -0.4 is 29.2 Å². The monoisotopic (exact) mass is 723 g/mol. The van der Waals surface area contributed by atoms with E-state index in [4.69, 9.17) is 10.3 Å². The quantitative estimate of drug-likeness (QED) is 0.143. The van der Waals surface area contributed by atoms with Crippen LogP contribution >= 0.6 is 0 Å². The van der Waals surface area contributed by atoms with Crippen LogP contribution in [0.3, 0.4) is 0 Å². The predicted molar refractivity (Wildman–Crippen MR) is 232 cm³/mol. The van der Waals surface area contributed by atoms with Crippen LogP contribution in [0.1, 0.15) is 124 Å². The molecule has 0 unspecified atom stereocenters. The number of hydrogen-bond acceptors (Lipinski definition) is 2. The van der Waals surface area contributed by atoms with Gasteiger partial charge in [-0.05, 0) is 114 Å². The van der Waals surface area contributed by atoms with E-state index in [0.29, 0.717) is 23.7 Å². The third-order valence-electron chi connectivity index (χ3n) is 10.2. The summed E-state index contributed by atoms with van der Waals surface area (Å²) in [6, 6.07) is 38.5. The Kier molecular flexibility index (Phi) is 15.1. The molecule has 0 fully saturated rings. The number of aromatic nitrogens is 2. The Morgan fingerprint density at radius 3 is 1.40 bits per heavy atom. The van der Waals surface area contributed by atoms with Crippen molar-refractivity contribution in [2.45, 2.75) is 107 Å². The zero-order chi connectivity index (χ0) is 39.1. The van der Waals surface area contributed by atoms with Gasteiger partial charge in [-0.25, -0.2) is 10.3 Å². The molecule has 55 heavy (non-hydrogen) atoms. The van der Waals surface area contributed by atoms with Crippen LogP contribution in [0.4, 0.5) is 23.0 Å². The topological polar surface area (TPSA) is 53.2 Å². The molecule has 0 aliphatic heterocycles. The van der Waals surface area contributed by atoms with Crippen LogP contribution in [0.25, 0.3) is 27.8 Å². The van der Waals surface area contributed by atoms with Crippen molar-refractivity contribution in [2.24, 2.45) is 0 Å². The van der Waals surface area contributed by atoms with Gasteiger partial charge in [0.25, 0.3) is 5.82 Å². The molecule has 280 valence electrons. The normalized spacial score (nSPS) is 11.1. The van der Waals surface area contributed by atoms with Gasteiger partial charge in [0.05, 0.1) is 0 Å². The molecule has 5 heteroatoms. The number of hydrogen-bond donors (Lipinski definition) is 1. The summed E-state index contributed by atoms with van der Waals surface area (Å²) in [4.78, 5) is 8.51. The Morgan fingerprint density at radius 1 is 0.491 bits per heavy atom. The van der Waals surface area contributed by atoms with Gasteiger partial charge in [-0.3, -0.25) is 0 Å². The Bertz CT molecular complexity index is 1950. The van der Waals surface area contributed by atoms with Crippen molar-refractivity contribution in [3.63, 3.8) is 0 Å². The van der Waals surface area contributed by atoms with Crippen LogP contribution in [0.2, 0.25) is 0 Å². The third-order valence-corrected chi connectivity index (χ3v) is 10.2. The van der Waals surface area contributed by atoms with Crippen molar-refractivity contribution in [3.8, 4) is 22.5 Å². The smallest absolute Gasteiger partial charge is 0.436 e. The first-order valence-corrected chi connectivity index (χ1v) is 19.6. The fourth-order valence-corrected chi connectivity index (χ4v) is 7.36. The number of para-hydroxylation sites is 2. The first-order valence-electron chi connectivity index (χ1n) is 19.6. The minimum atomic E-state index is 0. The number of rotatable bonds is 10. The van der Waals surface area contributed by atoms with E-state index in [9.17, 15) is 0 Å². The van der Waals surface area contributed by atoms with E-state index in [1.165, 1.54) is 61.3 Å². The number of nitrogens with one attached hydrogen (secondary N) is 2. The van der Waals surface area contributed by atoms with Gasteiger partial charge in [0.15, 0.2) is 0 Å². The Balaban J connectivity index is 0.000000240. The molecule has 0 saturated heterocycles. The van der Waals surface area contributed by atoms with Crippen LogP contribution in [0.5, 0.6) is 0 Å². The molecule has 2 heterocycles. The molecule has 4 aromatic carbocycles. The van der Waals surface area contributed by atoms with E-state index in [2.05, 4.69) is 197 Å². The summed E-state index contributed by atoms with van der Waals surface area (Å²) in [6.45, 7) is 26.5. The van der Waals surface area contributed by atoms with E-state index in [1.54, 1.807) is 0 Å². The van der Waals surface area contributed by atoms with Crippen molar-refractivity contribution in [1.82, 2.24) is 4.98 Å². The van der Waals surface area contributed by atoms with Gasteiger partial charge in [-0.15, -0.1) is 0 Å². The minimum absolute atomic E-state index is 0. The molecule has 0 spiro atoms. The van der Waals surface area contributed by atoms with Gasteiger partial charge < -0.3 is 10.3 Å². The molecule has 6 rings (SSSR count). The zero-order valence-corrected chi connectivity index (χ0v) is 35.6. The van der Waals surface area contributed by atoms with E-state index in [1.807, 2.05) is 6.07 Å². The summed E-state index contributed by atoms with van der Waals surface area (Å²) < 4.78 is 0. The van der Waals surface area contributed by atoms with Crippen LogP contribution in [-0.2, 0) is 0 Å². The van der Waals surface area contributed by atoms with Crippen LogP contribution in [0.15, 0.2) is 109 Å². The Labute approximate surface area is 343 Å². The van der Waals surface area contributed by atoms with Crippen LogP contribution in [0, 0.1) is 27.7 Å². The fourth-order valence-electron chi connectivity index (χ4n) is 7.36. The fraction of sp³-hybridized carbons (Fsp3) is 0.320. The molecule has 0 atom stereocenters. The van der Waals surface area contributed by atoms with E-state index >= 15 is 0 Å². The second-order valence-corrected chi connectivity index (χ2v) is 15.8. The molecule has 0 saturated carbocycles. The molecular weight excluding hydrogens is 664 g/mol. The Morgan fingerprint density at radius 2 is 0.909 bits per heavy atom. The molecule has 0 amide bonds. The molecule has 0 aliphatic carbocycles. The standard InChI is InChI=1S/C25H30N2.C25H29N2.Li/c2*1-16(2)20-12-8-13-21(17(3)4)25(20)27-23-15-9-14-22(26-23)24-18(5)10-7-11-19(24)6;/h7-17H,1-6H3,(H,26,27);7-17H,1-6H3;/q;-1;+1/p+1. The molecule has 4 nitrogen and oxygen atoms in total. The average Bonchev–Trinajstić information content (AvgIpc) is 3.12. The number of anilines is 2. The number of nitrogens with zero attached hydrogens (tertiary/aromatic N) is 2. The van der Waals surface area contributed by atoms with Gasteiger partial charge in [0, 0.05) is 22.8 Å². The van der Waals surface area contributed by atoms with Gasteiger partial charge in [0.1, 0.15) is 11.4 Å². The predicted octanol–water partition coefficient (Wildman–Crippen LogP) is 11.7. The molecule has 2 N–H and O–H groups in total. The molecule has 6 aromatic rings. The SMILES string of the molecule is Cc1cccc(C)c1-c1cccc(Nc2c(C(C)C)cccc2C(C)C)[nH+]1.Cc1cccc(C)c1-c1cccc([N-]c2c(C(C)C)cccc2C(C)C)n1.[Li+].